The quantitative estimate of drug-likeness (QED) is 0.387. The minimum absolute atomic E-state index is 0. The zero-order valence-corrected chi connectivity index (χ0v) is 19.3. The molecule has 1 saturated heterocycles. The molecule has 0 spiro atoms. The van der Waals surface area contributed by atoms with E-state index in [0.29, 0.717) is 6.54 Å². The Morgan fingerprint density at radius 3 is 2.48 bits per heavy atom. The Hall–Kier alpha value is -1.55. The molecule has 0 unspecified atom stereocenters. The third-order valence-electron chi connectivity index (χ3n) is 4.38. The highest BCUT2D eigenvalue weighted by Crippen LogP contribution is 2.20. The summed E-state index contributed by atoms with van der Waals surface area (Å²) in [7, 11) is 1.70. The van der Waals surface area contributed by atoms with Gasteiger partial charge in [0.15, 0.2) is 5.96 Å². The normalized spacial score (nSPS) is 14.7. The van der Waals surface area contributed by atoms with E-state index in [1.54, 1.807) is 18.4 Å². The summed E-state index contributed by atoms with van der Waals surface area (Å²) in [6.45, 7) is 9.56. The summed E-state index contributed by atoms with van der Waals surface area (Å²) < 4.78 is 5.24. The lowest BCUT2D eigenvalue weighted by atomic mass is 10.2. The second-order valence-corrected chi connectivity index (χ2v) is 7.53. The summed E-state index contributed by atoms with van der Waals surface area (Å²) in [4.78, 5) is 15.2. The average molecular weight is 501 g/mol. The molecule has 27 heavy (non-hydrogen) atoms. The number of aryl methyl sites for hydroxylation is 1. The van der Waals surface area contributed by atoms with Gasteiger partial charge in [0, 0.05) is 49.5 Å². The highest BCUT2D eigenvalue weighted by molar-refractivity contribution is 14.0. The summed E-state index contributed by atoms with van der Waals surface area (Å²) in [5, 5.41) is 4.48. The number of piperazine rings is 1. The molecular weight excluding hydrogens is 473 g/mol. The number of nitrogens with zero attached hydrogens (tertiary/aromatic N) is 4. The van der Waals surface area contributed by atoms with Crippen LogP contribution in [0, 0.1) is 6.92 Å². The minimum atomic E-state index is 0. The molecule has 2 heterocycles. The van der Waals surface area contributed by atoms with Crippen LogP contribution in [-0.2, 0) is 6.54 Å². The van der Waals surface area contributed by atoms with Crippen LogP contribution in [-0.4, -0.2) is 55.7 Å². The zero-order chi connectivity index (χ0) is 18.4. The first-order chi connectivity index (χ1) is 12.7. The van der Waals surface area contributed by atoms with Crippen LogP contribution in [0.25, 0.3) is 0 Å². The van der Waals surface area contributed by atoms with E-state index in [-0.39, 0.29) is 24.0 Å². The van der Waals surface area contributed by atoms with Gasteiger partial charge in [-0.15, -0.1) is 35.3 Å². The third kappa shape index (κ3) is 5.97. The number of hydrogen-bond donors (Lipinski definition) is 1. The minimum Gasteiger partial charge on any atom is -0.497 e. The first-order valence-electron chi connectivity index (χ1n) is 9.03. The Balaban J connectivity index is 0.00000261. The first kappa shape index (κ1) is 21.7. The Morgan fingerprint density at radius 2 is 1.93 bits per heavy atom. The SMILES string of the molecule is CCNC(=NCc1ncc(C)s1)N1CCN(c2ccc(OC)cc2)CC1.I. The molecule has 0 aliphatic carbocycles. The van der Waals surface area contributed by atoms with Crippen molar-refractivity contribution in [1.29, 1.82) is 0 Å². The number of aromatic nitrogens is 1. The van der Waals surface area contributed by atoms with Crippen LogP contribution in [0.1, 0.15) is 16.8 Å². The zero-order valence-electron chi connectivity index (χ0n) is 16.1. The van der Waals surface area contributed by atoms with Crippen LogP contribution >= 0.6 is 35.3 Å². The van der Waals surface area contributed by atoms with Crippen molar-refractivity contribution in [3.8, 4) is 5.75 Å². The van der Waals surface area contributed by atoms with Crippen molar-refractivity contribution in [3.05, 3.63) is 40.3 Å². The Bertz CT molecular complexity index is 726. The molecule has 3 rings (SSSR count). The van der Waals surface area contributed by atoms with Crippen molar-refractivity contribution in [3.63, 3.8) is 0 Å². The van der Waals surface area contributed by atoms with Crippen LogP contribution in [0.2, 0.25) is 0 Å². The van der Waals surface area contributed by atoms with Gasteiger partial charge in [-0.25, -0.2) is 9.98 Å². The number of guanidine groups is 1. The van der Waals surface area contributed by atoms with Crippen LogP contribution in [0.3, 0.4) is 0 Å². The fraction of sp³-hybridized carbons (Fsp3) is 0.474. The molecule has 2 aromatic rings. The van der Waals surface area contributed by atoms with Crippen molar-refractivity contribution in [1.82, 2.24) is 15.2 Å². The number of nitrogens with one attached hydrogen (secondary N) is 1. The Morgan fingerprint density at radius 1 is 1.22 bits per heavy atom. The molecule has 0 amide bonds. The fourth-order valence-electron chi connectivity index (χ4n) is 3.01. The molecular formula is C19H28IN5OS. The van der Waals surface area contributed by atoms with Gasteiger partial charge in [-0.2, -0.15) is 0 Å². The number of thiazole rings is 1. The van der Waals surface area contributed by atoms with Crippen molar-refractivity contribution < 1.29 is 4.74 Å². The van der Waals surface area contributed by atoms with Crippen LogP contribution < -0.4 is 15.0 Å². The number of aliphatic imine (C=N–C) groups is 1. The van der Waals surface area contributed by atoms with Crippen molar-refractivity contribution in [2.45, 2.75) is 20.4 Å². The van der Waals surface area contributed by atoms with E-state index >= 15 is 0 Å². The Labute approximate surface area is 182 Å². The molecule has 0 bridgehead atoms. The molecule has 0 saturated carbocycles. The number of benzene rings is 1. The summed E-state index contributed by atoms with van der Waals surface area (Å²) in [5.74, 6) is 1.88. The van der Waals surface area contributed by atoms with Gasteiger partial charge in [-0.1, -0.05) is 0 Å². The lowest BCUT2D eigenvalue weighted by Gasteiger charge is -2.37. The summed E-state index contributed by atoms with van der Waals surface area (Å²) in [6.07, 6.45) is 1.91. The molecule has 0 atom stereocenters. The maximum atomic E-state index is 5.24. The Kier molecular flexibility index (Phi) is 8.62. The van der Waals surface area contributed by atoms with Crippen LogP contribution in [0.15, 0.2) is 35.5 Å². The lowest BCUT2D eigenvalue weighted by molar-refractivity contribution is 0.372. The van der Waals surface area contributed by atoms with E-state index in [0.717, 1.165) is 49.4 Å². The van der Waals surface area contributed by atoms with Gasteiger partial charge >= 0.3 is 0 Å². The number of methoxy groups -OCH3 is 1. The van der Waals surface area contributed by atoms with Crippen molar-refractivity contribution >= 4 is 47.0 Å². The van der Waals surface area contributed by atoms with Gasteiger partial charge in [0.2, 0.25) is 0 Å². The van der Waals surface area contributed by atoms with Gasteiger partial charge in [-0.05, 0) is 38.1 Å². The van der Waals surface area contributed by atoms with E-state index in [4.69, 9.17) is 9.73 Å². The second kappa shape index (κ2) is 10.7. The number of ether oxygens (including phenoxy) is 1. The molecule has 8 heteroatoms. The fourth-order valence-corrected chi connectivity index (χ4v) is 3.72. The van der Waals surface area contributed by atoms with Crippen molar-refractivity contribution in [2.24, 2.45) is 4.99 Å². The van der Waals surface area contributed by atoms with Gasteiger partial charge < -0.3 is 19.9 Å². The maximum Gasteiger partial charge on any atom is 0.194 e. The van der Waals surface area contributed by atoms with E-state index in [9.17, 15) is 0 Å². The molecule has 1 aromatic heterocycles. The van der Waals surface area contributed by atoms with Gasteiger partial charge in [0.25, 0.3) is 0 Å². The smallest absolute Gasteiger partial charge is 0.194 e. The van der Waals surface area contributed by atoms with Crippen LogP contribution in [0.5, 0.6) is 5.75 Å². The average Bonchev–Trinajstić information content (AvgIpc) is 3.10. The van der Waals surface area contributed by atoms with E-state index in [2.05, 4.69) is 46.1 Å². The summed E-state index contributed by atoms with van der Waals surface area (Å²) >= 11 is 1.71. The summed E-state index contributed by atoms with van der Waals surface area (Å²) in [5.41, 5.74) is 1.24. The number of halogens is 1. The number of anilines is 1. The largest absolute Gasteiger partial charge is 0.497 e. The maximum absolute atomic E-state index is 5.24. The van der Waals surface area contributed by atoms with Gasteiger partial charge in [0.05, 0.1) is 13.7 Å². The molecule has 1 aliphatic rings. The molecule has 1 aromatic carbocycles. The second-order valence-electron chi connectivity index (χ2n) is 6.21. The molecule has 148 valence electrons. The van der Waals surface area contributed by atoms with E-state index < -0.39 is 0 Å². The predicted molar refractivity (Wildman–Crippen MR) is 124 cm³/mol. The monoisotopic (exact) mass is 501 g/mol. The van der Waals surface area contributed by atoms with Gasteiger partial charge in [0.1, 0.15) is 10.8 Å². The highest BCUT2D eigenvalue weighted by atomic mass is 127. The highest BCUT2D eigenvalue weighted by Gasteiger charge is 2.20. The van der Waals surface area contributed by atoms with E-state index in [1.165, 1.54) is 10.6 Å². The topological polar surface area (TPSA) is 53.0 Å². The molecule has 6 nitrogen and oxygen atoms in total. The number of rotatable bonds is 5. The predicted octanol–water partition coefficient (Wildman–Crippen LogP) is 3.37. The lowest BCUT2D eigenvalue weighted by Crippen LogP contribution is -2.52. The standard InChI is InChI=1S/C19H27N5OS.HI/c1-4-20-19(22-14-18-21-13-15(2)26-18)24-11-9-23(10-12-24)16-5-7-17(25-3)8-6-16;/h5-8,13H,4,9-12,14H2,1-3H3,(H,20,22);1H. The van der Waals surface area contributed by atoms with E-state index in [1.807, 2.05) is 18.3 Å². The van der Waals surface area contributed by atoms with Crippen molar-refractivity contribution in [2.75, 3.05) is 44.7 Å². The number of hydrogen-bond acceptors (Lipinski definition) is 5. The molecule has 1 N–H and O–H groups in total. The van der Waals surface area contributed by atoms with Crippen LogP contribution in [0.4, 0.5) is 5.69 Å². The summed E-state index contributed by atoms with van der Waals surface area (Å²) in [6, 6.07) is 8.28. The first-order valence-corrected chi connectivity index (χ1v) is 9.85. The van der Waals surface area contributed by atoms with Gasteiger partial charge in [-0.3, -0.25) is 0 Å². The molecule has 0 radical (unpaired) electrons. The molecule has 1 aliphatic heterocycles. The molecule has 1 fully saturated rings. The third-order valence-corrected chi connectivity index (χ3v) is 5.28.